The van der Waals surface area contributed by atoms with Gasteiger partial charge in [0.05, 0.1) is 17.3 Å². The third-order valence-electron chi connectivity index (χ3n) is 3.70. The molecule has 0 aliphatic carbocycles. The number of hydrogen-bond acceptors (Lipinski definition) is 3. The number of rotatable bonds is 7. The van der Waals surface area contributed by atoms with Crippen LogP contribution >= 0.6 is 0 Å². The van der Waals surface area contributed by atoms with E-state index in [1.807, 2.05) is 23.9 Å². The van der Waals surface area contributed by atoms with E-state index in [0.29, 0.717) is 12.6 Å². The number of ether oxygens (including phenoxy) is 1. The Balaban J connectivity index is 3.09. The summed E-state index contributed by atoms with van der Waals surface area (Å²) in [5.41, 5.74) is 7.25. The van der Waals surface area contributed by atoms with Crippen molar-refractivity contribution < 1.29 is 4.74 Å². The van der Waals surface area contributed by atoms with Crippen molar-refractivity contribution in [1.82, 2.24) is 9.78 Å². The van der Waals surface area contributed by atoms with E-state index in [-0.39, 0.29) is 11.6 Å². The lowest BCUT2D eigenvalue weighted by Crippen LogP contribution is -2.44. The molecule has 0 bridgehead atoms. The topological polar surface area (TPSA) is 53.1 Å². The van der Waals surface area contributed by atoms with Crippen molar-refractivity contribution in [1.29, 1.82) is 0 Å². The molecule has 0 saturated carbocycles. The summed E-state index contributed by atoms with van der Waals surface area (Å²) in [4.78, 5) is 0. The molecule has 0 aromatic carbocycles. The minimum Gasteiger partial charge on any atom is -0.373 e. The second kappa shape index (κ2) is 6.34. The van der Waals surface area contributed by atoms with Crippen LogP contribution in [0.5, 0.6) is 0 Å². The van der Waals surface area contributed by atoms with Crippen molar-refractivity contribution in [3.63, 3.8) is 0 Å². The van der Waals surface area contributed by atoms with Gasteiger partial charge in [0.15, 0.2) is 0 Å². The number of aromatic nitrogens is 2. The Bertz CT molecular complexity index is 356. The third-order valence-corrected chi connectivity index (χ3v) is 3.70. The van der Waals surface area contributed by atoms with Gasteiger partial charge in [0.1, 0.15) is 0 Å². The van der Waals surface area contributed by atoms with E-state index in [0.717, 1.165) is 18.5 Å². The minimum absolute atomic E-state index is 0.141. The fraction of sp³-hybridized carbons (Fsp3) is 0.786. The molecule has 0 spiro atoms. The van der Waals surface area contributed by atoms with Gasteiger partial charge in [-0.1, -0.05) is 13.8 Å². The maximum Gasteiger partial charge on any atom is 0.0884 e. The van der Waals surface area contributed by atoms with E-state index >= 15 is 0 Å². The molecule has 1 heterocycles. The van der Waals surface area contributed by atoms with Crippen LogP contribution in [0.1, 0.15) is 65.2 Å². The molecular weight excluding hydrogens is 226 g/mol. The van der Waals surface area contributed by atoms with Gasteiger partial charge in [-0.15, -0.1) is 0 Å². The molecule has 1 atom stereocenters. The van der Waals surface area contributed by atoms with Gasteiger partial charge < -0.3 is 10.5 Å². The smallest absolute Gasteiger partial charge is 0.0884 e. The molecule has 1 aromatic rings. The van der Waals surface area contributed by atoms with Crippen molar-refractivity contribution in [2.75, 3.05) is 6.61 Å². The molecule has 0 amide bonds. The highest BCUT2D eigenvalue weighted by atomic mass is 16.5. The molecule has 4 nitrogen and oxygen atoms in total. The van der Waals surface area contributed by atoms with Crippen molar-refractivity contribution in [2.45, 2.75) is 65.1 Å². The second-order valence-electron chi connectivity index (χ2n) is 4.98. The maximum atomic E-state index is 6.48. The Kier molecular flexibility index (Phi) is 5.35. The van der Waals surface area contributed by atoms with Gasteiger partial charge in [-0.25, -0.2) is 0 Å². The first-order chi connectivity index (χ1) is 8.52. The average molecular weight is 253 g/mol. The summed E-state index contributed by atoms with van der Waals surface area (Å²) in [5.74, 6) is 0. The van der Waals surface area contributed by atoms with Gasteiger partial charge >= 0.3 is 0 Å². The standard InChI is InChI=1S/C14H27N3O/c1-6-14(7-2,18-8-3)13(15)12-9-10-16-17(12)11(4)5/h9-11,13H,6-8,15H2,1-5H3. The maximum absolute atomic E-state index is 6.48. The average Bonchev–Trinajstić information content (AvgIpc) is 2.84. The van der Waals surface area contributed by atoms with Gasteiger partial charge in [-0.2, -0.15) is 5.10 Å². The van der Waals surface area contributed by atoms with Crippen molar-refractivity contribution in [3.05, 3.63) is 18.0 Å². The predicted octanol–water partition coefficient (Wildman–Crippen LogP) is 3.06. The van der Waals surface area contributed by atoms with Gasteiger partial charge in [0.25, 0.3) is 0 Å². The molecule has 0 aliphatic rings. The molecule has 104 valence electrons. The first-order valence-electron chi connectivity index (χ1n) is 6.95. The fourth-order valence-electron chi connectivity index (χ4n) is 2.54. The van der Waals surface area contributed by atoms with E-state index in [9.17, 15) is 0 Å². The molecule has 0 aliphatic heterocycles. The summed E-state index contributed by atoms with van der Waals surface area (Å²) in [5, 5.41) is 4.36. The summed E-state index contributed by atoms with van der Waals surface area (Å²) < 4.78 is 7.97. The van der Waals surface area contributed by atoms with Gasteiger partial charge in [-0.05, 0) is 39.7 Å². The first kappa shape index (κ1) is 15.2. The quantitative estimate of drug-likeness (QED) is 0.812. The van der Waals surface area contributed by atoms with Gasteiger partial charge in [0, 0.05) is 18.8 Å². The minimum atomic E-state index is -0.290. The van der Waals surface area contributed by atoms with E-state index in [4.69, 9.17) is 10.5 Å². The molecule has 1 unspecified atom stereocenters. The Labute approximate surface area is 111 Å². The SMILES string of the molecule is CCOC(CC)(CC)C(N)c1ccnn1C(C)C. The van der Waals surface area contributed by atoms with Crippen LogP contribution in [0.2, 0.25) is 0 Å². The molecule has 1 aromatic heterocycles. The first-order valence-corrected chi connectivity index (χ1v) is 6.95. The van der Waals surface area contributed by atoms with Crippen LogP contribution < -0.4 is 5.73 Å². The zero-order valence-electron chi connectivity index (χ0n) is 12.3. The largest absolute Gasteiger partial charge is 0.373 e. The molecule has 2 N–H and O–H groups in total. The zero-order chi connectivity index (χ0) is 13.8. The molecule has 4 heteroatoms. The summed E-state index contributed by atoms with van der Waals surface area (Å²) in [7, 11) is 0. The summed E-state index contributed by atoms with van der Waals surface area (Å²) in [6.07, 6.45) is 3.63. The number of hydrogen-bond donors (Lipinski definition) is 1. The van der Waals surface area contributed by atoms with Crippen LogP contribution in [-0.4, -0.2) is 22.0 Å². The molecular formula is C14H27N3O. The van der Waals surface area contributed by atoms with E-state index in [1.54, 1.807) is 0 Å². The van der Waals surface area contributed by atoms with Crippen LogP contribution in [0.3, 0.4) is 0 Å². The van der Waals surface area contributed by atoms with Crippen LogP contribution in [0.15, 0.2) is 12.3 Å². The monoisotopic (exact) mass is 253 g/mol. The van der Waals surface area contributed by atoms with Gasteiger partial charge in [0.2, 0.25) is 0 Å². The highest BCUT2D eigenvalue weighted by molar-refractivity contribution is 5.13. The Morgan fingerprint density at radius 2 is 1.94 bits per heavy atom. The normalized spacial score (nSPS) is 14.2. The molecule has 0 saturated heterocycles. The Morgan fingerprint density at radius 1 is 1.33 bits per heavy atom. The van der Waals surface area contributed by atoms with E-state index < -0.39 is 0 Å². The molecule has 1 rings (SSSR count). The van der Waals surface area contributed by atoms with Crippen molar-refractivity contribution in [2.24, 2.45) is 5.73 Å². The highest BCUT2D eigenvalue weighted by Crippen LogP contribution is 2.34. The number of nitrogens with zero attached hydrogens (tertiary/aromatic N) is 2. The van der Waals surface area contributed by atoms with Crippen molar-refractivity contribution in [3.8, 4) is 0 Å². The third kappa shape index (κ3) is 2.75. The fourth-order valence-corrected chi connectivity index (χ4v) is 2.54. The van der Waals surface area contributed by atoms with Crippen molar-refractivity contribution >= 4 is 0 Å². The lowest BCUT2D eigenvalue weighted by atomic mass is 9.86. The molecule has 0 radical (unpaired) electrons. The summed E-state index contributed by atoms with van der Waals surface area (Å²) in [6, 6.07) is 2.18. The van der Waals surface area contributed by atoms with E-state index in [2.05, 4.69) is 32.8 Å². The van der Waals surface area contributed by atoms with Crippen LogP contribution in [0.25, 0.3) is 0 Å². The number of nitrogens with two attached hydrogens (primary N) is 1. The molecule has 0 fully saturated rings. The summed E-state index contributed by atoms with van der Waals surface area (Å²) in [6.45, 7) is 11.2. The summed E-state index contributed by atoms with van der Waals surface area (Å²) >= 11 is 0. The predicted molar refractivity (Wildman–Crippen MR) is 74.5 cm³/mol. The van der Waals surface area contributed by atoms with Crippen LogP contribution in [0.4, 0.5) is 0 Å². The lowest BCUT2D eigenvalue weighted by Gasteiger charge is -2.37. The highest BCUT2D eigenvalue weighted by Gasteiger charge is 2.37. The Morgan fingerprint density at radius 3 is 2.39 bits per heavy atom. The second-order valence-corrected chi connectivity index (χ2v) is 4.98. The van der Waals surface area contributed by atoms with Gasteiger partial charge in [-0.3, -0.25) is 4.68 Å². The van der Waals surface area contributed by atoms with E-state index in [1.165, 1.54) is 0 Å². The van der Waals surface area contributed by atoms with Crippen LogP contribution in [0, 0.1) is 0 Å². The Hall–Kier alpha value is -0.870. The zero-order valence-corrected chi connectivity index (χ0v) is 12.3. The lowest BCUT2D eigenvalue weighted by molar-refractivity contribution is -0.0663. The molecule has 18 heavy (non-hydrogen) atoms. The van der Waals surface area contributed by atoms with Crippen LogP contribution in [-0.2, 0) is 4.74 Å².